The molecule has 0 amide bonds. The molecule has 0 aromatic carbocycles. The summed E-state index contributed by atoms with van der Waals surface area (Å²) in [6, 6.07) is 1.87. The van der Waals surface area contributed by atoms with Crippen LogP contribution in [0, 0.1) is 5.92 Å². The minimum absolute atomic E-state index is 0.00704. The average Bonchev–Trinajstić information content (AvgIpc) is 2.85. The van der Waals surface area contributed by atoms with E-state index in [-0.39, 0.29) is 5.60 Å². The number of hydroxylamine groups is 1. The number of fused-ring (bicyclic) bond motifs is 8. The molecule has 4 bridgehead atoms. The van der Waals surface area contributed by atoms with Crippen LogP contribution in [0.2, 0.25) is 0 Å². The fraction of sp³-hybridized carbons (Fsp3) is 1.00. The van der Waals surface area contributed by atoms with Crippen LogP contribution in [0.25, 0.3) is 0 Å². The highest BCUT2D eigenvalue weighted by Crippen LogP contribution is 2.40. The molecule has 114 valence electrons. The number of hydrogen-bond donors (Lipinski definition) is 2. The molecule has 5 heteroatoms. The van der Waals surface area contributed by atoms with Crippen LogP contribution in [0.3, 0.4) is 0 Å². The standard InChI is InChI=1S/C15H28N4O/c1-18-8-11-5-6-15(10-18,20-17-11)13-9-19(2)12-3-4-14(13)16-7-12/h11-14,16-17H,3-10H2,1-2H3. The summed E-state index contributed by atoms with van der Waals surface area (Å²) in [4.78, 5) is 11.3. The van der Waals surface area contributed by atoms with Crippen molar-refractivity contribution in [2.45, 2.75) is 49.4 Å². The summed E-state index contributed by atoms with van der Waals surface area (Å²) in [6.45, 7) is 4.51. The minimum Gasteiger partial charge on any atom is -0.312 e. The Morgan fingerprint density at radius 2 is 2.05 bits per heavy atom. The number of likely N-dealkylation sites (N-methyl/N-ethyl adjacent to an activating group) is 2. The molecule has 20 heavy (non-hydrogen) atoms. The molecular formula is C15H28N4O. The van der Waals surface area contributed by atoms with Crippen molar-refractivity contribution in [3.63, 3.8) is 0 Å². The van der Waals surface area contributed by atoms with Gasteiger partial charge >= 0.3 is 0 Å². The maximum Gasteiger partial charge on any atom is 0.108 e. The highest BCUT2D eigenvalue weighted by molar-refractivity contribution is 5.05. The Labute approximate surface area is 122 Å². The van der Waals surface area contributed by atoms with Crippen LogP contribution in [0.1, 0.15) is 25.7 Å². The fourth-order valence-electron chi connectivity index (χ4n) is 4.95. The fourth-order valence-corrected chi connectivity index (χ4v) is 4.95. The van der Waals surface area contributed by atoms with E-state index in [0.29, 0.717) is 18.0 Å². The number of nitrogens with one attached hydrogen (secondary N) is 2. The molecule has 5 atom stereocenters. The second-order valence-electron chi connectivity index (χ2n) is 7.51. The zero-order chi connectivity index (χ0) is 13.7. The van der Waals surface area contributed by atoms with Crippen LogP contribution in [0.5, 0.6) is 0 Å². The van der Waals surface area contributed by atoms with Gasteiger partial charge in [-0.15, -0.1) is 0 Å². The smallest absolute Gasteiger partial charge is 0.108 e. The Bertz CT molecular complexity index is 361. The molecule has 0 aromatic heterocycles. The Hall–Kier alpha value is -0.200. The maximum absolute atomic E-state index is 6.30. The molecule has 0 spiro atoms. The van der Waals surface area contributed by atoms with Gasteiger partial charge in [-0.1, -0.05) is 0 Å². The van der Waals surface area contributed by atoms with Gasteiger partial charge in [0.05, 0.1) is 0 Å². The molecule has 0 aliphatic carbocycles. The van der Waals surface area contributed by atoms with Crippen molar-refractivity contribution in [2.24, 2.45) is 5.92 Å². The Morgan fingerprint density at radius 3 is 2.75 bits per heavy atom. The van der Waals surface area contributed by atoms with Gasteiger partial charge in [0.1, 0.15) is 5.60 Å². The summed E-state index contributed by atoms with van der Waals surface area (Å²) in [7, 11) is 4.54. The second-order valence-corrected chi connectivity index (χ2v) is 7.51. The maximum atomic E-state index is 6.30. The molecule has 5 nitrogen and oxygen atoms in total. The zero-order valence-corrected chi connectivity index (χ0v) is 12.8. The molecule has 6 fully saturated rings. The van der Waals surface area contributed by atoms with Crippen molar-refractivity contribution >= 4 is 0 Å². The summed E-state index contributed by atoms with van der Waals surface area (Å²) in [5.41, 5.74) is 3.35. The lowest BCUT2D eigenvalue weighted by molar-refractivity contribution is -0.176. The normalized spacial score (nSPS) is 50.1. The first-order chi connectivity index (χ1) is 9.66. The van der Waals surface area contributed by atoms with Gasteiger partial charge in [0, 0.05) is 50.2 Å². The number of nitrogens with zero attached hydrogens (tertiary/aromatic N) is 2. The van der Waals surface area contributed by atoms with Crippen LogP contribution in [-0.4, -0.2) is 73.8 Å². The molecule has 0 saturated carbocycles. The molecular weight excluding hydrogens is 252 g/mol. The first-order valence-corrected chi connectivity index (χ1v) is 8.22. The Morgan fingerprint density at radius 1 is 1.15 bits per heavy atom. The largest absolute Gasteiger partial charge is 0.312 e. The van der Waals surface area contributed by atoms with E-state index in [4.69, 9.17) is 4.84 Å². The van der Waals surface area contributed by atoms with E-state index in [2.05, 4.69) is 34.7 Å². The summed E-state index contributed by atoms with van der Waals surface area (Å²) >= 11 is 0. The third-order valence-corrected chi connectivity index (χ3v) is 6.11. The summed E-state index contributed by atoms with van der Waals surface area (Å²) in [5.74, 6) is 0.592. The van der Waals surface area contributed by atoms with Gasteiger partial charge < -0.3 is 15.1 Å². The molecule has 6 saturated heterocycles. The lowest BCUT2D eigenvalue weighted by atomic mass is 9.76. The molecule has 6 aliphatic heterocycles. The van der Waals surface area contributed by atoms with Crippen LogP contribution in [-0.2, 0) is 4.84 Å². The molecule has 6 heterocycles. The minimum atomic E-state index is -0.00704. The van der Waals surface area contributed by atoms with Crippen molar-refractivity contribution in [3.8, 4) is 0 Å². The molecule has 6 aliphatic rings. The van der Waals surface area contributed by atoms with Crippen molar-refractivity contribution in [3.05, 3.63) is 0 Å². The Balaban J connectivity index is 1.64. The third kappa shape index (κ3) is 2.11. The van der Waals surface area contributed by atoms with Gasteiger partial charge in [-0.2, -0.15) is 5.48 Å². The predicted octanol–water partition coefficient (Wildman–Crippen LogP) is 0.0364. The van der Waals surface area contributed by atoms with Crippen LogP contribution in [0.15, 0.2) is 0 Å². The van der Waals surface area contributed by atoms with E-state index in [9.17, 15) is 0 Å². The van der Waals surface area contributed by atoms with Gasteiger partial charge in [-0.3, -0.25) is 4.84 Å². The number of rotatable bonds is 1. The molecule has 2 N–H and O–H groups in total. The van der Waals surface area contributed by atoms with E-state index < -0.39 is 0 Å². The number of hydrogen-bond acceptors (Lipinski definition) is 5. The quantitative estimate of drug-likeness (QED) is 0.709. The SMILES string of the molecule is CN1CC2CCC(C3CN(C)C4CCC3NC4)(C1)ON2. The summed E-state index contributed by atoms with van der Waals surface area (Å²) in [5, 5.41) is 3.80. The van der Waals surface area contributed by atoms with Crippen molar-refractivity contribution in [1.82, 2.24) is 20.6 Å². The van der Waals surface area contributed by atoms with Crippen molar-refractivity contribution in [1.29, 1.82) is 0 Å². The third-order valence-electron chi connectivity index (χ3n) is 6.11. The molecule has 6 rings (SSSR count). The van der Waals surface area contributed by atoms with Gasteiger partial charge in [0.15, 0.2) is 0 Å². The molecule has 0 aromatic rings. The van der Waals surface area contributed by atoms with Gasteiger partial charge in [0.25, 0.3) is 0 Å². The zero-order valence-electron chi connectivity index (χ0n) is 12.8. The molecule has 5 unspecified atom stereocenters. The second kappa shape index (κ2) is 4.92. The monoisotopic (exact) mass is 280 g/mol. The van der Waals surface area contributed by atoms with Crippen molar-refractivity contribution in [2.75, 3.05) is 40.3 Å². The van der Waals surface area contributed by atoms with Gasteiger partial charge in [-0.05, 0) is 39.8 Å². The Kier molecular flexibility index (Phi) is 3.31. The predicted molar refractivity (Wildman–Crippen MR) is 78.4 cm³/mol. The van der Waals surface area contributed by atoms with E-state index in [1.54, 1.807) is 0 Å². The van der Waals surface area contributed by atoms with Crippen LogP contribution < -0.4 is 10.8 Å². The van der Waals surface area contributed by atoms with E-state index in [1.165, 1.54) is 32.2 Å². The first kappa shape index (κ1) is 13.5. The average molecular weight is 280 g/mol. The first-order valence-electron chi connectivity index (χ1n) is 8.22. The van der Waals surface area contributed by atoms with Gasteiger partial charge in [-0.25, -0.2) is 0 Å². The van der Waals surface area contributed by atoms with E-state index in [1.807, 2.05) is 0 Å². The molecule has 0 radical (unpaired) electrons. The van der Waals surface area contributed by atoms with Crippen molar-refractivity contribution < 1.29 is 4.84 Å². The topological polar surface area (TPSA) is 39.8 Å². The highest BCUT2D eigenvalue weighted by atomic mass is 16.7. The highest BCUT2D eigenvalue weighted by Gasteiger charge is 2.52. The van der Waals surface area contributed by atoms with E-state index >= 15 is 0 Å². The lowest BCUT2D eigenvalue weighted by Gasteiger charge is -2.45. The lowest BCUT2D eigenvalue weighted by Crippen LogP contribution is -2.59. The van der Waals surface area contributed by atoms with E-state index in [0.717, 1.165) is 25.7 Å². The number of piperidine rings is 1. The summed E-state index contributed by atoms with van der Waals surface area (Å²) < 4.78 is 0. The summed E-state index contributed by atoms with van der Waals surface area (Å²) in [6.07, 6.45) is 5.10. The van der Waals surface area contributed by atoms with Gasteiger partial charge in [0.2, 0.25) is 0 Å². The van der Waals surface area contributed by atoms with Crippen LogP contribution >= 0.6 is 0 Å². The van der Waals surface area contributed by atoms with Crippen LogP contribution in [0.4, 0.5) is 0 Å².